The average Bonchev–Trinajstić information content (AvgIpc) is 2.47. The molecule has 0 saturated carbocycles. The van der Waals surface area contributed by atoms with Gasteiger partial charge in [-0.25, -0.2) is 0 Å². The zero-order valence-electron chi connectivity index (χ0n) is 12.1. The Morgan fingerprint density at radius 1 is 1.15 bits per heavy atom. The largest absolute Gasteiger partial charge is 0.342 e. The van der Waals surface area contributed by atoms with E-state index < -0.39 is 0 Å². The summed E-state index contributed by atoms with van der Waals surface area (Å²) in [5.74, 6) is -0.297. The quantitative estimate of drug-likeness (QED) is 0.816. The van der Waals surface area contributed by atoms with Crippen LogP contribution in [0.5, 0.6) is 0 Å². The predicted octanol–water partition coefficient (Wildman–Crippen LogP) is 1.50. The molecule has 0 aliphatic rings. The summed E-state index contributed by atoms with van der Waals surface area (Å²) in [6.07, 6.45) is 0. The lowest BCUT2D eigenvalue weighted by Crippen LogP contribution is -2.41. The molecule has 0 radical (unpaired) electrons. The normalized spacial score (nSPS) is 9.70. The lowest BCUT2D eigenvalue weighted by Gasteiger charge is -2.23. The van der Waals surface area contributed by atoms with Crippen LogP contribution in [0.3, 0.4) is 0 Å². The number of nitriles is 1. The van der Waals surface area contributed by atoms with E-state index in [1.807, 2.05) is 19.9 Å². The van der Waals surface area contributed by atoms with E-state index in [0.717, 1.165) is 0 Å². The highest BCUT2D eigenvalue weighted by atomic mass is 16.2. The fourth-order valence-electron chi connectivity index (χ4n) is 1.86. The maximum Gasteiger partial charge on any atom is 0.254 e. The summed E-state index contributed by atoms with van der Waals surface area (Å²) in [4.78, 5) is 27.2. The zero-order valence-corrected chi connectivity index (χ0v) is 12.1. The van der Waals surface area contributed by atoms with Crippen molar-refractivity contribution in [3.8, 4) is 6.07 Å². The molecule has 20 heavy (non-hydrogen) atoms. The Balaban J connectivity index is 2.71. The van der Waals surface area contributed by atoms with Crippen LogP contribution in [-0.2, 0) is 4.79 Å². The third-order valence-corrected chi connectivity index (χ3v) is 3.10. The highest BCUT2D eigenvalue weighted by Crippen LogP contribution is 2.06. The molecule has 5 heteroatoms. The van der Waals surface area contributed by atoms with Crippen molar-refractivity contribution in [2.24, 2.45) is 0 Å². The Kier molecular flexibility index (Phi) is 5.73. The summed E-state index contributed by atoms with van der Waals surface area (Å²) < 4.78 is 0. The lowest BCUT2D eigenvalue weighted by atomic mass is 10.1. The van der Waals surface area contributed by atoms with Gasteiger partial charge in [0.25, 0.3) is 5.91 Å². The third-order valence-electron chi connectivity index (χ3n) is 3.10. The van der Waals surface area contributed by atoms with Gasteiger partial charge in [-0.05, 0) is 38.1 Å². The number of nitrogens with zero attached hydrogens (tertiary/aromatic N) is 3. The van der Waals surface area contributed by atoms with Crippen molar-refractivity contribution in [3.05, 3.63) is 35.4 Å². The fraction of sp³-hybridized carbons (Fsp3) is 0.400. The van der Waals surface area contributed by atoms with Gasteiger partial charge in [0.1, 0.15) is 0 Å². The van der Waals surface area contributed by atoms with Crippen LogP contribution in [0, 0.1) is 11.3 Å². The third kappa shape index (κ3) is 3.82. The Morgan fingerprint density at radius 2 is 1.70 bits per heavy atom. The lowest BCUT2D eigenvalue weighted by molar-refractivity contribution is -0.131. The van der Waals surface area contributed by atoms with E-state index in [-0.39, 0.29) is 18.4 Å². The molecule has 0 aliphatic heterocycles. The molecular formula is C15H19N3O2. The van der Waals surface area contributed by atoms with E-state index in [0.29, 0.717) is 24.2 Å². The number of amides is 2. The number of rotatable bonds is 5. The molecule has 0 atom stereocenters. The monoisotopic (exact) mass is 273 g/mol. The number of benzene rings is 1. The van der Waals surface area contributed by atoms with Crippen LogP contribution in [-0.4, -0.2) is 48.3 Å². The summed E-state index contributed by atoms with van der Waals surface area (Å²) in [6, 6.07) is 8.37. The maximum atomic E-state index is 12.2. The highest BCUT2D eigenvalue weighted by Gasteiger charge is 2.17. The first kappa shape index (κ1) is 15.7. The van der Waals surface area contributed by atoms with E-state index in [1.165, 1.54) is 4.90 Å². The molecule has 2 amide bonds. The van der Waals surface area contributed by atoms with Gasteiger partial charge in [0.15, 0.2) is 0 Å². The van der Waals surface area contributed by atoms with Gasteiger partial charge in [-0.2, -0.15) is 5.26 Å². The van der Waals surface area contributed by atoms with Crippen LogP contribution >= 0.6 is 0 Å². The molecular weight excluding hydrogens is 254 g/mol. The van der Waals surface area contributed by atoms with Crippen molar-refractivity contribution in [3.63, 3.8) is 0 Å². The van der Waals surface area contributed by atoms with Crippen LogP contribution in [0.1, 0.15) is 29.8 Å². The van der Waals surface area contributed by atoms with Crippen LogP contribution in [0.2, 0.25) is 0 Å². The molecule has 1 aromatic carbocycles. The van der Waals surface area contributed by atoms with Gasteiger partial charge in [0, 0.05) is 25.7 Å². The van der Waals surface area contributed by atoms with Crippen molar-refractivity contribution in [1.82, 2.24) is 9.80 Å². The summed E-state index contributed by atoms with van der Waals surface area (Å²) in [7, 11) is 1.60. The molecule has 0 aromatic heterocycles. The summed E-state index contributed by atoms with van der Waals surface area (Å²) in [5, 5.41) is 8.72. The molecule has 1 rings (SSSR count). The van der Waals surface area contributed by atoms with Gasteiger partial charge < -0.3 is 9.80 Å². The summed E-state index contributed by atoms with van der Waals surface area (Å²) >= 11 is 0. The van der Waals surface area contributed by atoms with Gasteiger partial charge in [-0.3, -0.25) is 9.59 Å². The molecule has 0 N–H and O–H groups in total. The van der Waals surface area contributed by atoms with Crippen LogP contribution in [0.15, 0.2) is 24.3 Å². The Morgan fingerprint density at radius 3 is 2.15 bits per heavy atom. The van der Waals surface area contributed by atoms with Crippen molar-refractivity contribution >= 4 is 11.8 Å². The average molecular weight is 273 g/mol. The number of likely N-dealkylation sites (N-methyl/N-ethyl adjacent to an activating group) is 2. The molecule has 0 spiro atoms. The molecule has 5 nitrogen and oxygen atoms in total. The van der Waals surface area contributed by atoms with E-state index in [4.69, 9.17) is 5.26 Å². The minimum atomic E-state index is -0.227. The minimum Gasteiger partial charge on any atom is -0.342 e. The van der Waals surface area contributed by atoms with Crippen LogP contribution in [0.25, 0.3) is 0 Å². The molecule has 0 bridgehead atoms. The predicted molar refractivity (Wildman–Crippen MR) is 76.0 cm³/mol. The van der Waals surface area contributed by atoms with Gasteiger partial charge in [-0.1, -0.05) is 0 Å². The Labute approximate surface area is 119 Å². The Hall–Kier alpha value is -2.35. The zero-order chi connectivity index (χ0) is 15.1. The van der Waals surface area contributed by atoms with Crippen LogP contribution < -0.4 is 0 Å². The van der Waals surface area contributed by atoms with Crippen molar-refractivity contribution < 1.29 is 9.59 Å². The molecule has 0 fully saturated rings. The standard InChI is InChI=1S/C15H19N3O2/c1-4-18(5-2)14(19)11-17(3)15(20)13-8-6-12(10-16)7-9-13/h6-9H,4-5,11H2,1-3H3. The van der Waals surface area contributed by atoms with Crippen molar-refractivity contribution in [2.45, 2.75) is 13.8 Å². The number of hydrogen-bond donors (Lipinski definition) is 0. The first-order valence-corrected chi connectivity index (χ1v) is 6.56. The summed E-state index contributed by atoms with van der Waals surface area (Å²) in [6.45, 7) is 5.14. The topological polar surface area (TPSA) is 64.4 Å². The van der Waals surface area contributed by atoms with E-state index in [2.05, 4.69) is 0 Å². The van der Waals surface area contributed by atoms with E-state index >= 15 is 0 Å². The molecule has 1 aromatic rings. The SMILES string of the molecule is CCN(CC)C(=O)CN(C)C(=O)c1ccc(C#N)cc1. The second-order valence-corrected chi connectivity index (χ2v) is 4.42. The van der Waals surface area contributed by atoms with Crippen molar-refractivity contribution in [2.75, 3.05) is 26.7 Å². The molecule has 0 saturated heterocycles. The van der Waals surface area contributed by atoms with Gasteiger partial charge in [0.2, 0.25) is 5.91 Å². The van der Waals surface area contributed by atoms with E-state index in [9.17, 15) is 9.59 Å². The Bertz CT molecular complexity index is 513. The number of hydrogen-bond acceptors (Lipinski definition) is 3. The molecule has 106 valence electrons. The minimum absolute atomic E-state index is 0.0561. The second kappa shape index (κ2) is 7.29. The first-order valence-electron chi connectivity index (χ1n) is 6.56. The van der Waals surface area contributed by atoms with Gasteiger partial charge in [-0.15, -0.1) is 0 Å². The van der Waals surface area contributed by atoms with Gasteiger partial charge in [0.05, 0.1) is 18.2 Å². The smallest absolute Gasteiger partial charge is 0.254 e. The van der Waals surface area contributed by atoms with E-state index in [1.54, 1.807) is 36.2 Å². The number of carbonyl (C=O) groups is 2. The van der Waals surface area contributed by atoms with Crippen LogP contribution in [0.4, 0.5) is 0 Å². The first-order chi connectivity index (χ1) is 9.53. The molecule has 0 heterocycles. The number of carbonyl (C=O) groups excluding carboxylic acids is 2. The highest BCUT2D eigenvalue weighted by molar-refractivity contribution is 5.96. The maximum absolute atomic E-state index is 12.2. The van der Waals surface area contributed by atoms with Gasteiger partial charge >= 0.3 is 0 Å². The summed E-state index contributed by atoms with van der Waals surface area (Å²) in [5.41, 5.74) is 0.974. The fourth-order valence-corrected chi connectivity index (χ4v) is 1.86. The second-order valence-electron chi connectivity index (χ2n) is 4.42. The molecule has 0 aliphatic carbocycles. The molecule has 0 unspecified atom stereocenters. The van der Waals surface area contributed by atoms with Crippen molar-refractivity contribution in [1.29, 1.82) is 5.26 Å².